The van der Waals surface area contributed by atoms with Gasteiger partial charge in [-0.15, -0.1) is 0 Å². The Morgan fingerprint density at radius 2 is 1.55 bits per heavy atom. The fraction of sp³-hybridized carbons (Fsp3) is 0.921. The van der Waals surface area contributed by atoms with E-state index in [2.05, 4.69) is 0 Å². The monoisotopic (exact) mass is 759 g/mol. The Balaban J connectivity index is 1.84. The van der Waals surface area contributed by atoms with E-state index in [1.54, 1.807) is 62.3 Å². The minimum atomic E-state index is -1.78. The molecule has 306 valence electrons. The molecule has 0 aromatic heterocycles. The lowest BCUT2D eigenvalue weighted by atomic mass is 9.74. The van der Waals surface area contributed by atoms with Gasteiger partial charge in [-0.1, -0.05) is 27.7 Å². The van der Waals surface area contributed by atoms with Gasteiger partial charge in [0.25, 0.3) is 0 Å². The van der Waals surface area contributed by atoms with E-state index in [4.69, 9.17) is 37.9 Å². The Morgan fingerprint density at radius 3 is 2.13 bits per heavy atom. The second kappa shape index (κ2) is 16.6. The van der Waals surface area contributed by atoms with Crippen LogP contribution in [0.3, 0.4) is 0 Å². The highest BCUT2D eigenvalue weighted by Gasteiger charge is 2.59. The predicted molar refractivity (Wildman–Crippen MR) is 189 cm³/mol. The van der Waals surface area contributed by atoms with E-state index in [-0.39, 0.29) is 37.2 Å². The maximum Gasteiger partial charge on any atom is 0.509 e. The number of Topliss-reactive ketones (excluding diaryl/α,β-unsaturated/α-hetero) is 1. The third-order valence-corrected chi connectivity index (χ3v) is 12.3. The molecule has 0 radical (unpaired) electrons. The summed E-state index contributed by atoms with van der Waals surface area (Å²) in [5.74, 6) is -4.54. The SMILES string of the molecule is CC[C@H]1OC(=O)[C@H](C)[C@@H](O[C@@H]2C[C@@](C)(OC)[C@@H](O)[C@H](C)O2)[C@H](C)[C@@H](O[C@@H]2O[C@H](C)C[C@H](N(C)C)[C@H]2O)[C@](C)(O)C[C@@H](C)C(=O)[C@H](C)[C@H]2OC(=O)O[C@@]21C. The van der Waals surface area contributed by atoms with Crippen molar-refractivity contribution in [2.24, 2.45) is 23.7 Å². The van der Waals surface area contributed by atoms with Gasteiger partial charge in [0.2, 0.25) is 0 Å². The molecule has 15 heteroatoms. The van der Waals surface area contributed by atoms with Crippen molar-refractivity contribution >= 4 is 17.9 Å². The van der Waals surface area contributed by atoms with Crippen LogP contribution in [0, 0.1) is 23.7 Å². The van der Waals surface area contributed by atoms with Crippen molar-refractivity contribution in [2.45, 2.75) is 179 Å². The summed E-state index contributed by atoms with van der Waals surface area (Å²) in [5, 5.41) is 34.9. The molecule has 0 aromatic carbocycles. The zero-order valence-electron chi connectivity index (χ0n) is 33.8. The average molecular weight is 760 g/mol. The number of cyclic esters (lactones) is 1. The number of ether oxygens (including phenoxy) is 8. The lowest BCUT2D eigenvalue weighted by molar-refractivity contribution is -0.318. The van der Waals surface area contributed by atoms with Crippen LogP contribution in [-0.2, 0) is 47.5 Å². The standard InChI is InChI=1S/C38H65NO14/c1-14-25-38(10)32(52-35(44)53-38)20(4)27(40)18(2)16-36(8,45)31(51-34-28(41)24(39(11)12)15-19(3)47-34)21(5)29(22(6)33(43)49-25)50-26-17-37(9,46-13)30(42)23(7)48-26/h18-26,28-32,34,41-42,45H,14-17H2,1-13H3/t18-,19-,20+,21+,22-,23+,24+,25-,26-,28-,29+,30+,31-,32-,34+,36-,37-,38-/m1/s1. The van der Waals surface area contributed by atoms with Crippen molar-refractivity contribution < 1.29 is 67.6 Å². The number of methoxy groups -OCH3 is 1. The van der Waals surface area contributed by atoms with E-state index in [9.17, 15) is 29.7 Å². The lowest BCUT2D eigenvalue weighted by Crippen LogP contribution is -2.61. The number of carbonyl (C=O) groups excluding carboxylic acids is 3. The average Bonchev–Trinajstić information content (AvgIpc) is 3.40. The smallest absolute Gasteiger partial charge is 0.458 e. The number of aliphatic hydroxyl groups is 3. The van der Waals surface area contributed by atoms with E-state index >= 15 is 0 Å². The molecule has 15 nitrogen and oxygen atoms in total. The van der Waals surface area contributed by atoms with Crippen molar-refractivity contribution in [3.63, 3.8) is 0 Å². The van der Waals surface area contributed by atoms with Gasteiger partial charge in [-0.25, -0.2) is 4.79 Å². The van der Waals surface area contributed by atoms with E-state index in [0.717, 1.165) is 0 Å². The summed E-state index contributed by atoms with van der Waals surface area (Å²) in [6.45, 7) is 16.9. The third kappa shape index (κ3) is 8.88. The van der Waals surface area contributed by atoms with E-state index in [1.807, 2.05) is 25.9 Å². The van der Waals surface area contributed by atoms with Crippen LogP contribution >= 0.6 is 0 Å². The molecule has 0 unspecified atom stereocenters. The summed E-state index contributed by atoms with van der Waals surface area (Å²) in [4.78, 5) is 43.0. The molecule has 0 spiro atoms. The number of nitrogens with zero attached hydrogens (tertiary/aromatic N) is 1. The molecule has 0 aliphatic carbocycles. The maximum absolute atomic E-state index is 14.3. The quantitative estimate of drug-likeness (QED) is 0.321. The Morgan fingerprint density at radius 1 is 0.906 bits per heavy atom. The highest BCUT2D eigenvalue weighted by Crippen LogP contribution is 2.43. The number of hydrogen-bond acceptors (Lipinski definition) is 15. The summed E-state index contributed by atoms with van der Waals surface area (Å²) >= 11 is 0. The molecule has 4 saturated heterocycles. The van der Waals surface area contributed by atoms with E-state index < -0.39 is 108 Å². The first kappa shape index (κ1) is 43.8. The van der Waals surface area contributed by atoms with Crippen molar-refractivity contribution in [1.82, 2.24) is 4.90 Å². The first-order valence-electron chi connectivity index (χ1n) is 19.1. The van der Waals surface area contributed by atoms with Crippen LogP contribution in [-0.4, -0.2) is 144 Å². The van der Waals surface area contributed by atoms with Crippen LogP contribution in [0.1, 0.15) is 94.9 Å². The molecule has 0 bridgehead atoms. The molecule has 0 saturated carbocycles. The van der Waals surface area contributed by atoms with Gasteiger partial charge in [-0.2, -0.15) is 0 Å². The number of rotatable bonds is 7. The Hall–Kier alpha value is -1.95. The molecule has 4 aliphatic rings. The van der Waals surface area contributed by atoms with Gasteiger partial charge in [0.05, 0.1) is 47.5 Å². The molecular weight excluding hydrogens is 694 g/mol. The minimum absolute atomic E-state index is 0.0996. The Bertz CT molecular complexity index is 1300. The van der Waals surface area contributed by atoms with Crippen LogP contribution in [0.4, 0.5) is 4.79 Å². The predicted octanol–water partition coefficient (Wildman–Crippen LogP) is 2.97. The summed E-state index contributed by atoms with van der Waals surface area (Å²) in [5.41, 5.74) is -4.33. The number of ketones is 1. The number of esters is 1. The van der Waals surface area contributed by atoms with Gasteiger partial charge >= 0.3 is 12.1 Å². The highest BCUT2D eigenvalue weighted by atomic mass is 16.8. The Labute approximate surface area is 314 Å². The largest absolute Gasteiger partial charge is 0.509 e. The molecule has 4 heterocycles. The maximum atomic E-state index is 14.3. The fourth-order valence-corrected chi connectivity index (χ4v) is 9.03. The van der Waals surface area contributed by atoms with E-state index in [0.29, 0.717) is 6.42 Å². The van der Waals surface area contributed by atoms with Crippen LogP contribution in [0.15, 0.2) is 0 Å². The summed E-state index contributed by atoms with van der Waals surface area (Å²) in [6, 6.07) is -0.322. The van der Waals surface area contributed by atoms with Gasteiger partial charge in [0, 0.05) is 31.4 Å². The summed E-state index contributed by atoms with van der Waals surface area (Å²) in [7, 11) is 5.20. The van der Waals surface area contributed by atoms with Crippen molar-refractivity contribution in [3.05, 3.63) is 0 Å². The molecule has 0 aromatic rings. The number of fused-ring (bicyclic) bond motifs is 1. The number of hydrogen-bond donors (Lipinski definition) is 3. The molecule has 0 amide bonds. The molecular formula is C38H65NO14. The summed E-state index contributed by atoms with van der Waals surface area (Å²) < 4.78 is 48.7. The number of aliphatic hydroxyl groups excluding tert-OH is 2. The van der Waals surface area contributed by atoms with Crippen LogP contribution in [0.25, 0.3) is 0 Å². The minimum Gasteiger partial charge on any atom is -0.458 e. The first-order valence-corrected chi connectivity index (χ1v) is 19.1. The Kier molecular flexibility index (Phi) is 13.7. The fourth-order valence-electron chi connectivity index (χ4n) is 9.03. The van der Waals surface area contributed by atoms with E-state index in [1.165, 1.54) is 7.11 Å². The molecule has 4 aliphatic heterocycles. The molecule has 53 heavy (non-hydrogen) atoms. The van der Waals surface area contributed by atoms with Crippen LogP contribution < -0.4 is 0 Å². The van der Waals surface area contributed by atoms with Crippen molar-refractivity contribution in [1.29, 1.82) is 0 Å². The van der Waals surface area contributed by atoms with Gasteiger partial charge in [0.1, 0.15) is 24.1 Å². The highest BCUT2D eigenvalue weighted by molar-refractivity contribution is 5.84. The lowest BCUT2D eigenvalue weighted by Gasteiger charge is -2.49. The third-order valence-electron chi connectivity index (χ3n) is 12.3. The molecule has 3 N–H and O–H groups in total. The topological polar surface area (TPSA) is 189 Å². The van der Waals surface area contributed by atoms with Crippen molar-refractivity contribution in [3.8, 4) is 0 Å². The second-order valence-corrected chi connectivity index (χ2v) is 16.9. The number of likely N-dealkylation sites (N-methyl/N-ethyl adjacent to an activating group) is 1. The van der Waals surface area contributed by atoms with Gasteiger partial charge < -0.3 is 58.1 Å². The molecule has 4 rings (SSSR count). The van der Waals surface area contributed by atoms with Crippen LogP contribution in [0.5, 0.6) is 0 Å². The molecule has 18 atom stereocenters. The van der Waals surface area contributed by atoms with Gasteiger partial charge in [0.15, 0.2) is 24.3 Å². The van der Waals surface area contributed by atoms with Crippen molar-refractivity contribution in [2.75, 3.05) is 21.2 Å². The van der Waals surface area contributed by atoms with Gasteiger partial charge in [-0.05, 0) is 74.9 Å². The number of carbonyl (C=O) groups is 3. The summed E-state index contributed by atoms with van der Waals surface area (Å²) in [6.07, 6.45) is -9.81. The zero-order chi connectivity index (χ0) is 40.0. The zero-order valence-corrected chi connectivity index (χ0v) is 33.8. The van der Waals surface area contributed by atoms with Gasteiger partial charge in [-0.3, -0.25) is 9.59 Å². The normalized spacial score (nSPS) is 49.1. The van der Waals surface area contributed by atoms with Crippen LogP contribution in [0.2, 0.25) is 0 Å². The first-order chi connectivity index (χ1) is 24.5. The second-order valence-electron chi connectivity index (χ2n) is 16.9. The molecule has 4 fully saturated rings.